The number of rotatable bonds is 4. The van der Waals surface area contributed by atoms with Crippen LogP contribution in [0.25, 0.3) is 0 Å². The summed E-state index contributed by atoms with van der Waals surface area (Å²) in [4.78, 5) is 39.2. The van der Waals surface area contributed by atoms with E-state index in [1.165, 1.54) is 6.92 Å². The van der Waals surface area contributed by atoms with Crippen LogP contribution in [0.2, 0.25) is 0 Å². The molecule has 1 atom stereocenters. The fraction of sp³-hybridized carbons (Fsp3) is 0.438. The number of nitrogens with one attached hydrogen (secondary N) is 2. The highest BCUT2D eigenvalue weighted by molar-refractivity contribution is 5.81. The number of carbonyl (C=O) groups is 3. The molecule has 0 radical (unpaired) electrons. The van der Waals surface area contributed by atoms with Crippen LogP contribution >= 0.6 is 0 Å². The molecule has 24 heavy (non-hydrogen) atoms. The minimum atomic E-state index is -1.01. The van der Waals surface area contributed by atoms with E-state index in [4.69, 9.17) is 9.47 Å². The van der Waals surface area contributed by atoms with E-state index in [2.05, 4.69) is 10.2 Å². The molecule has 0 heterocycles. The van der Waals surface area contributed by atoms with E-state index in [0.29, 0.717) is 0 Å². The van der Waals surface area contributed by atoms with E-state index in [-0.39, 0.29) is 6.61 Å². The highest BCUT2D eigenvalue weighted by Gasteiger charge is 2.22. The molecule has 0 aliphatic rings. The lowest BCUT2D eigenvalue weighted by molar-refractivity contribution is -0.151. The van der Waals surface area contributed by atoms with Crippen molar-refractivity contribution in [2.45, 2.75) is 45.9 Å². The number of ether oxygens (including phenoxy) is 2. The van der Waals surface area contributed by atoms with Gasteiger partial charge >= 0.3 is 18.2 Å². The number of carbonyl (C=O) groups excluding carboxylic acids is 3. The third-order valence-corrected chi connectivity index (χ3v) is 2.53. The minimum Gasteiger partial charge on any atom is -0.444 e. The molecule has 8 heteroatoms. The summed E-state index contributed by atoms with van der Waals surface area (Å²) in [7, 11) is 0. The van der Waals surface area contributed by atoms with E-state index in [1.807, 2.05) is 11.5 Å². The van der Waals surface area contributed by atoms with Crippen LogP contribution in [0.5, 0.6) is 0 Å². The zero-order chi connectivity index (χ0) is 18.2. The molecule has 0 saturated carbocycles. The Kier molecular flexibility index (Phi) is 7.03. The molecular weight excluding hydrogens is 316 g/mol. The van der Waals surface area contributed by atoms with Crippen molar-refractivity contribution >= 4 is 18.2 Å². The molecule has 0 aromatic heterocycles. The van der Waals surface area contributed by atoms with Crippen LogP contribution in [-0.4, -0.2) is 29.8 Å². The number of hydrogen-bond acceptors (Lipinski definition) is 6. The summed E-state index contributed by atoms with van der Waals surface area (Å²) >= 11 is 0. The molecule has 0 saturated heterocycles. The van der Waals surface area contributed by atoms with Crippen LogP contribution < -0.4 is 10.8 Å². The summed E-state index contributed by atoms with van der Waals surface area (Å²) < 4.78 is 9.87. The lowest BCUT2D eigenvalue weighted by atomic mass is 10.2. The van der Waals surface area contributed by atoms with E-state index in [9.17, 15) is 14.4 Å². The number of hydrogen-bond donors (Lipinski definition) is 2. The molecule has 1 unspecified atom stereocenters. The smallest absolute Gasteiger partial charge is 0.441 e. The van der Waals surface area contributed by atoms with Crippen LogP contribution in [0.4, 0.5) is 9.59 Å². The van der Waals surface area contributed by atoms with Crippen molar-refractivity contribution in [2.75, 3.05) is 0 Å². The fourth-order valence-electron chi connectivity index (χ4n) is 1.48. The first-order chi connectivity index (χ1) is 11.2. The Morgan fingerprint density at radius 2 is 1.71 bits per heavy atom. The predicted molar refractivity (Wildman–Crippen MR) is 84.7 cm³/mol. The normalized spacial score (nSPS) is 11.8. The molecule has 2 amide bonds. The van der Waals surface area contributed by atoms with Gasteiger partial charge in [0.15, 0.2) is 0 Å². The van der Waals surface area contributed by atoms with Crippen molar-refractivity contribution in [3.63, 3.8) is 0 Å². The van der Waals surface area contributed by atoms with Crippen molar-refractivity contribution in [1.29, 1.82) is 0 Å². The monoisotopic (exact) mass is 338 g/mol. The standard InChI is InChI=1S/C16H22N2O6/c1-11(17-14(20)23-16(2,3)4)13(19)24-18-15(21)22-10-12-8-6-5-7-9-12/h5-9,11H,10H2,1-4H3,(H,17,20)(H,18,21). The molecule has 0 bridgehead atoms. The SMILES string of the molecule is CC(NC(=O)OC(C)(C)C)C(=O)ONC(=O)OCc1ccccc1. The Morgan fingerprint density at radius 1 is 1.08 bits per heavy atom. The quantitative estimate of drug-likeness (QED) is 0.645. The second-order valence-corrected chi connectivity index (χ2v) is 5.95. The van der Waals surface area contributed by atoms with Gasteiger partial charge in [0.2, 0.25) is 0 Å². The number of alkyl carbamates (subject to hydrolysis) is 1. The van der Waals surface area contributed by atoms with Gasteiger partial charge in [0.1, 0.15) is 18.2 Å². The first-order valence-corrected chi connectivity index (χ1v) is 7.34. The molecule has 0 spiro atoms. The van der Waals surface area contributed by atoms with Gasteiger partial charge in [-0.1, -0.05) is 30.3 Å². The van der Waals surface area contributed by atoms with E-state index in [1.54, 1.807) is 45.0 Å². The van der Waals surface area contributed by atoms with Gasteiger partial charge in [-0.2, -0.15) is 0 Å². The third kappa shape index (κ3) is 8.02. The molecule has 1 rings (SSSR count). The van der Waals surface area contributed by atoms with Gasteiger partial charge in [-0.25, -0.2) is 14.4 Å². The summed E-state index contributed by atoms with van der Waals surface area (Å²) in [5.74, 6) is -0.863. The first kappa shape index (κ1) is 19.3. The second-order valence-electron chi connectivity index (χ2n) is 5.95. The maximum absolute atomic E-state index is 11.7. The van der Waals surface area contributed by atoms with Crippen molar-refractivity contribution in [3.8, 4) is 0 Å². The van der Waals surface area contributed by atoms with Crippen LogP contribution in [-0.2, 0) is 25.7 Å². The molecule has 2 N–H and O–H groups in total. The van der Waals surface area contributed by atoms with Gasteiger partial charge in [0.25, 0.3) is 0 Å². The summed E-state index contributed by atoms with van der Waals surface area (Å²) in [6.45, 7) is 6.51. The summed E-state index contributed by atoms with van der Waals surface area (Å²) in [6, 6.07) is 8.01. The largest absolute Gasteiger partial charge is 0.444 e. The molecule has 1 aromatic rings. The van der Waals surface area contributed by atoms with Crippen LogP contribution in [0.15, 0.2) is 30.3 Å². The van der Waals surface area contributed by atoms with Crippen LogP contribution in [0.3, 0.4) is 0 Å². The molecule has 132 valence electrons. The lowest BCUT2D eigenvalue weighted by Gasteiger charge is -2.21. The fourth-order valence-corrected chi connectivity index (χ4v) is 1.48. The van der Waals surface area contributed by atoms with Gasteiger partial charge < -0.3 is 19.6 Å². The van der Waals surface area contributed by atoms with Crippen molar-refractivity contribution in [2.24, 2.45) is 0 Å². The maximum Gasteiger partial charge on any atom is 0.441 e. The van der Waals surface area contributed by atoms with Gasteiger partial charge in [0, 0.05) is 0 Å². The number of amides is 2. The lowest BCUT2D eigenvalue weighted by Crippen LogP contribution is -2.44. The topological polar surface area (TPSA) is 103 Å². The number of hydroxylamine groups is 1. The van der Waals surface area contributed by atoms with Crippen molar-refractivity contribution < 1.29 is 28.7 Å². The van der Waals surface area contributed by atoms with Gasteiger partial charge in [0.05, 0.1) is 0 Å². The molecule has 1 aromatic carbocycles. The van der Waals surface area contributed by atoms with Gasteiger partial charge in [-0.15, -0.1) is 5.48 Å². The predicted octanol–water partition coefficient (Wildman–Crippen LogP) is 2.28. The number of benzene rings is 1. The van der Waals surface area contributed by atoms with Gasteiger partial charge in [-0.3, -0.25) is 0 Å². The molecule has 0 aliphatic heterocycles. The Labute approximate surface area is 140 Å². The highest BCUT2D eigenvalue weighted by Crippen LogP contribution is 2.06. The summed E-state index contributed by atoms with van der Waals surface area (Å²) in [5, 5.41) is 2.29. The zero-order valence-electron chi connectivity index (χ0n) is 14.1. The second kappa shape index (κ2) is 8.76. The first-order valence-electron chi connectivity index (χ1n) is 7.34. The third-order valence-electron chi connectivity index (χ3n) is 2.53. The van der Waals surface area contributed by atoms with Gasteiger partial charge in [-0.05, 0) is 33.3 Å². The average Bonchev–Trinajstić information content (AvgIpc) is 2.49. The van der Waals surface area contributed by atoms with Crippen LogP contribution in [0, 0.1) is 0 Å². The molecule has 0 aliphatic carbocycles. The zero-order valence-corrected chi connectivity index (χ0v) is 14.1. The molecule has 8 nitrogen and oxygen atoms in total. The molecule has 0 fully saturated rings. The summed E-state index contributed by atoms with van der Waals surface area (Å²) in [6.07, 6.45) is -1.68. The Bertz CT molecular complexity index is 568. The van der Waals surface area contributed by atoms with Crippen molar-refractivity contribution in [3.05, 3.63) is 35.9 Å². The van der Waals surface area contributed by atoms with E-state index < -0.39 is 29.8 Å². The van der Waals surface area contributed by atoms with Crippen LogP contribution in [0.1, 0.15) is 33.3 Å². The van der Waals surface area contributed by atoms with E-state index in [0.717, 1.165) is 5.56 Å². The summed E-state index contributed by atoms with van der Waals surface area (Å²) in [5.41, 5.74) is 1.96. The Balaban J connectivity index is 2.29. The molecular formula is C16H22N2O6. The maximum atomic E-state index is 11.7. The minimum absolute atomic E-state index is 0.0376. The highest BCUT2D eigenvalue weighted by atomic mass is 16.7. The average molecular weight is 338 g/mol. The van der Waals surface area contributed by atoms with Crippen molar-refractivity contribution in [1.82, 2.24) is 10.8 Å². The van der Waals surface area contributed by atoms with E-state index >= 15 is 0 Å². The Hall–Kier alpha value is -2.77. The Morgan fingerprint density at radius 3 is 2.29 bits per heavy atom.